The molecule has 0 saturated heterocycles. The van der Waals surface area contributed by atoms with Crippen LogP contribution in [-0.4, -0.2) is 18.2 Å². The van der Waals surface area contributed by atoms with Gasteiger partial charge in [-0.1, -0.05) is 45.2 Å². The predicted molar refractivity (Wildman–Crippen MR) is 94.6 cm³/mol. The summed E-state index contributed by atoms with van der Waals surface area (Å²) in [5.41, 5.74) is 0.900. The SMILES string of the molecule is CCCCC(C)(CCCC(CC)c1ccc(O)cc1)C(=O)OC. The van der Waals surface area contributed by atoms with Crippen molar-refractivity contribution in [1.82, 2.24) is 0 Å². The Morgan fingerprint density at radius 3 is 2.30 bits per heavy atom. The molecule has 0 saturated carbocycles. The number of rotatable bonds is 10. The number of phenolic OH excluding ortho intramolecular Hbond substituents is 1. The van der Waals surface area contributed by atoms with Crippen LogP contribution >= 0.6 is 0 Å². The van der Waals surface area contributed by atoms with E-state index in [-0.39, 0.29) is 11.4 Å². The molecule has 1 aromatic rings. The molecule has 1 rings (SSSR count). The molecular weight excluding hydrogens is 288 g/mol. The van der Waals surface area contributed by atoms with Crippen LogP contribution in [-0.2, 0) is 9.53 Å². The van der Waals surface area contributed by atoms with Crippen LogP contribution in [0.1, 0.15) is 77.2 Å². The molecule has 0 amide bonds. The van der Waals surface area contributed by atoms with Crippen molar-refractivity contribution in [2.75, 3.05) is 7.11 Å². The molecule has 0 aliphatic heterocycles. The summed E-state index contributed by atoms with van der Waals surface area (Å²) in [6.07, 6.45) is 7.04. The van der Waals surface area contributed by atoms with Crippen molar-refractivity contribution in [3.63, 3.8) is 0 Å². The number of hydrogen-bond donors (Lipinski definition) is 1. The molecule has 1 N–H and O–H groups in total. The monoisotopic (exact) mass is 320 g/mol. The first kappa shape index (κ1) is 19.5. The highest BCUT2D eigenvalue weighted by Gasteiger charge is 2.33. The molecule has 0 aromatic heterocycles. The maximum Gasteiger partial charge on any atom is 0.311 e. The van der Waals surface area contributed by atoms with Crippen LogP contribution in [0.4, 0.5) is 0 Å². The fourth-order valence-electron chi connectivity index (χ4n) is 3.23. The number of methoxy groups -OCH3 is 1. The van der Waals surface area contributed by atoms with Crippen molar-refractivity contribution in [1.29, 1.82) is 0 Å². The highest BCUT2D eigenvalue weighted by Crippen LogP contribution is 2.34. The zero-order chi connectivity index (χ0) is 17.3. The van der Waals surface area contributed by atoms with Crippen molar-refractivity contribution in [3.05, 3.63) is 29.8 Å². The Labute approximate surface area is 141 Å². The van der Waals surface area contributed by atoms with E-state index >= 15 is 0 Å². The number of carbonyl (C=O) groups is 1. The van der Waals surface area contributed by atoms with E-state index in [4.69, 9.17) is 4.74 Å². The molecule has 23 heavy (non-hydrogen) atoms. The van der Waals surface area contributed by atoms with Gasteiger partial charge in [0.15, 0.2) is 0 Å². The number of aromatic hydroxyl groups is 1. The van der Waals surface area contributed by atoms with E-state index in [0.717, 1.165) is 44.9 Å². The zero-order valence-corrected chi connectivity index (χ0v) is 15.1. The Morgan fingerprint density at radius 1 is 1.17 bits per heavy atom. The number of benzene rings is 1. The van der Waals surface area contributed by atoms with Gasteiger partial charge in [0.1, 0.15) is 5.75 Å². The number of unbranched alkanes of at least 4 members (excludes halogenated alkanes) is 1. The van der Waals surface area contributed by atoms with Crippen molar-refractivity contribution in [2.45, 2.75) is 71.6 Å². The summed E-state index contributed by atoms with van der Waals surface area (Å²) in [7, 11) is 1.48. The highest BCUT2D eigenvalue weighted by atomic mass is 16.5. The number of esters is 1. The van der Waals surface area contributed by atoms with Crippen LogP contribution in [0.25, 0.3) is 0 Å². The quantitative estimate of drug-likeness (QED) is 0.585. The molecule has 1 aromatic carbocycles. The maximum absolute atomic E-state index is 12.1. The second-order valence-corrected chi connectivity index (χ2v) is 6.74. The van der Waals surface area contributed by atoms with Crippen LogP contribution in [0, 0.1) is 5.41 Å². The number of hydrogen-bond acceptors (Lipinski definition) is 3. The summed E-state index contributed by atoms with van der Waals surface area (Å²) in [5.74, 6) is 0.703. The molecule has 0 bridgehead atoms. The van der Waals surface area contributed by atoms with Gasteiger partial charge >= 0.3 is 5.97 Å². The van der Waals surface area contributed by atoms with Gasteiger partial charge in [-0.2, -0.15) is 0 Å². The van der Waals surface area contributed by atoms with E-state index in [0.29, 0.717) is 11.7 Å². The second kappa shape index (κ2) is 9.59. The van der Waals surface area contributed by atoms with Crippen LogP contribution in [0.2, 0.25) is 0 Å². The predicted octanol–water partition coefficient (Wildman–Crippen LogP) is 5.43. The first-order chi connectivity index (χ1) is 11.0. The fourth-order valence-corrected chi connectivity index (χ4v) is 3.23. The lowest BCUT2D eigenvalue weighted by molar-refractivity contribution is -0.152. The molecule has 2 atom stereocenters. The summed E-state index contributed by atoms with van der Waals surface area (Å²) in [5, 5.41) is 9.41. The van der Waals surface area contributed by atoms with Crippen LogP contribution in [0.15, 0.2) is 24.3 Å². The smallest absolute Gasteiger partial charge is 0.311 e. The zero-order valence-electron chi connectivity index (χ0n) is 15.1. The summed E-state index contributed by atoms with van der Waals surface area (Å²) >= 11 is 0. The summed E-state index contributed by atoms with van der Waals surface area (Å²) < 4.78 is 5.03. The molecular formula is C20H32O3. The minimum Gasteiger partial charge on any atom is -0.508 e. The minimum atomic E-state index is -0.363. The topological polar surface area (TPSA) is 46.5 Å². The standard InChI is InChI=1S/C20H32O3/c1-5-7-14-20(3,19(22)23-4)15-8-9-16(6-2)17-10-12-18(21)13-11-17/h10-13,16,21H,5-9,14-15H2,1-4H3. The lowest BCUT2D eigenvalue weighted by Gasteiger charge is -2.27. The van der Waals surface area contributed by atoms with E-state index in [2.05, 4.69) is 13.8 Å². The van der Waals surface area contributed by atoms with Gasteiger partial charge in [-0.15, -0.1) is 0 Å². The molecule has 0 aliphatic carbocycles. The van der Waals surface area contributed by atoms with E-state index in [9.17, 15) is 9.90 Å². The second-order valence-electron chi connectivity index (χ2n) is 6.74. The maximum atomic E-state index is 12.1. The van der Waals surface area contributed by atoms with Gasteiger partial charge in [0.25, 0.3) is 0 Å². The van der Waals surface area contributed by atoms with Crippen molar-refractivity contribution < 1.29 is 14.6 Å². The highest BCUT2D eigenvalue weighted by molar-refractivity contribution is 5.76. The third-order valence-corrected chi connectivity index (χ3v) is 4.90. The Bertz CT molecular complexity index is 466. The Kier molecular flexibility index (Phi) is 8.15. The fraction of sp³-hybridized carbons (Fsp3) is 0.650. The number of carbonyl (C=O) groups excluding carboxylic acids is 1. The molecule has 3 heteroatoms. The van der Waals surface area contributed by atoms with Crippen molar-refractivity contribution in [3.8, 4) is 5.75 Å². The molecule has 0 heterocycles. The number of ether oxygens (including phenoxy) is 1. The van der Waals surface area contributed by atoms with E-state index in [1.807, 2.05) is 19.1 Å². The first-order valence-electron chi connectivity index (χ1n) is 8.84. The molecule has 3 nitrogen and oxygen atoms in total. The van der Waals surface area contributed by atoms with Gasteiger partial charge in [0.2, 0.25) is 0 Å². The summed E-state index contributed by atoms with van der Waals surface area (Å²) in [6.45, 7) is 6.37. The van der Waals surface area contributed by atoms with Gasteiger partial charge in [0, 0.05) is 0 Å². The molecule has 0 aliphatic rings. The van der Waals surface area contributed by atoms with E-state index < -0.39 is 0 Å². The van der Waals surface area contributed by atoms with Crippen molar-refractivity contribution in [2.24, 2.45) is 5.41 Å². The molecule has 0 fully saturated rings. The first-order valence-corrected chi connectivity index (χ1v) is 8.84. The molecule has 2 unspecified atom stereocenters. The van der Waals surface area contributed by atoms with E-state index in [1.165, 1.54) is 12.7 Å². The van der Waals surface area contributed by atoms with Gasteiger partial charge < -0.3 is 9.84 Å². The largest absolute Gasteiger partial charge is 0.508 e. The molecule has 0 spiro atoms. The summed E-state index contributed by atoms with van der Waals surface area (Å²) in [6, 6.07) is 7.50. The third kappa shape index (κ3) is 5.89. The van der Waals surface area contributed by atoms with Gasteiger partial charge in [-0.25, -0.2) is 0 Å². The Hall–Kier alpha value is -1.51. The van der Waals surface area contributed by atoms with Crippen LogP contribution in [0.5, 0.6) is 5.75 Å². The van der Waals surface area contributed by atoms with Crippen molar-refractivity contribution >= 4 is 5.97 Å². The van der Waals surface area contributed by atoms with Crippen LogP contribution in [0.3, 0.4) is 0 Å². The minimum absolute atomic E-state index is 0.0800. The van der Waals surface area contributed by atoms with Gasteiger partial charge in [-0.05, 0) is 56.2 Å². The van der Waals surface area contributed by atoms with Crippen LogP contribution < -0.4 is 0 Å². The summed E-state index contributed by atoms with van der Waals surface area (Å²) in [4.78, 5) is 12.1. The average molecular weight is 320 g/mol. The van der Waals surface area contributed by atoms with Gasteiger partial charge in [0.05, 0.1) is 12.5 Å². The molecule has 0 radical (unpaired) electrons. The van der Waals surface area contributed by atoms with Gasteiger partial charge in [-0.3, -0.25) is 4.79 Å². The van der Waals surface area contributed by atoms with E-state index in [1.54, 1.807) is 12.1 Å². The molecule has 130 valence electrons. The Balaban J connectivity index is 2.62. The third-order valence-electron chi connectivity index (χ3n) is 4.90. The lowest BCUT2D eigenvalue weighted by atomic mass is 9.78. The number of phenols is 1. The average Bonchev–Trinajstić information content (AvgIpc) is 2.57. The lowest BCUT2D eigenvalue weighted by Crippen LogP contribution is -2.29. The normalized spacial score (nSPS) is 15.0. The Morgan fingerprint density at radius 2 is 1.78 bits per heavy atom.